The summed E-state index contributed by atoms with van der Waals surface area (Å²) in [6.07, 6.45) is -0.306. The highest BCUT2D eigenvalue weighted by Gasteiger charge is 2.29. The number of carbonyl (C=O) groups is 1. The van der Waals surface area contributed by atoms with Crippen LogP contribution in [-0.4, -0.2) is 28.6 Å². The fourth-order valence-corrected chi connectivity index (χ4v) is 2.39. The molecule has 0 saturated carbocycles. The Labute approximate surface area is 123 Å². The van der Waals surface area contributed by atoms with E-state index in [1.165, 1.54) is 0 Å². The maximum atomic E-state index is 11.7. The summed E-state index contributed by atoms with van der Waals surface area (Å²) in [6.45, 7) is 1.14. The molecule has 1 heterocycles. The Morgan fingerprint density at radius 3 is 2.33 bits per heavy atom. The van der Waals surface area contributed by atoms with Crippen molar-refractivity contribution in [1.82, 2.24) is 4.90 Å². The summed E-state index contributed by atoms with van der Waals surface area (Å²) < 4.78 is 5.72. The molecular formula is C17H17NO3. The number of hydrogen-bond acceptors (Lipinski definition) is 3. The van der Waals surface area contributed by atoms with Gasteiger partial charge in [0.1, 0.15) is 17.6 Å². The van der Waals surface area contributed by atoms with Gasteiger partial charge >= 0.3 is 0 Å². The smallest absolute Gasteiger partial charge is 0.251 e. The average Bonchev–Trinajstić information content (AvgIpc) is 2.82. The molecule has 21 heavy (non-hydrogen) atoms. The SMILES string of the molecule is O=C1C(O)CCN1Cc1ccc(Oc2ccccc2)cc1. The van der Waals surface area contributed by atoms with E-state index in [0.717, 1.165) is 17.1 Å². The standard InChI is InChI=1S/C17H17NO3/c19-16-10-11-18(17(16)20)12-13-6-8-15(9-7-13)21-14-4-2-1-3-5-14/h1-9,16,19H,10-12H2. The van der Waals surface area contributed by atoms with E-state index in [0.29, 0.717) is 19.5 Å². The van der Waals surface area contributed by atoms with E-state index >= 15 is 0 Å². The Bertz CT molecular complexity index is 610. The van der Waals surface area contributed by atoms with Gasteiger partial charge in [0.2, 0.25) is 0 Å². The average molecular weight is 283 g/mol. The van der Waals surface area contributed by atoms with Gasteiger partial charge in [-0.3, -0.25) is 4.79 Å². The second-order valence-corrected chi connectivity index (χ2v) is 5.12. The Balaban J connectivity index is 1.63. The summed E-state index contributed by atoms with van der Waals surface area (Å²) in [7, 11) is 0. The maximum absolute atomic E-state index is 11.7. The highest BCUT2D eigenvalue weighted by atomic mass is 16.5. The largest absolute Gasteiger partial charge is 0.457 e. The zero-order valence-electron chi connectivity index (χ0n) is 11.6. The summed E-state index contributed by atoms with van der Waals surface area (Å²) in [5.41, 5.74) is 1.03. The number of carbonyl (C=O) groups excluding carboxylic acids is 1. The van der Waals surface area contributed by atoms with E-state index in [1.807, 2.05) is 54.6 Å². The van der Waals surface area contributed by atoms with Crippen molar-refractivity contribution in [3.63, 3.8) is 0 Å². The van der Waals surface area contributed by atoms with Crippen molar-refractivity contribution < 1.29 is 14.6 Å². The van der Waals surface area contributed by atoms with Crippen LogP contribution in [0.1, 0.15) is 12.0 Å². The van der Waals surface area contributed by atoms with Crippen LogP contribution >= 0.6 is 0 Å². The van der Waals surface area contributed by atoms with Crippen LogP contribution in [0.25, 0.3) is 0 Å². The molecule has 1 unspecified atom stereocenters. The third kappa shape index (κ3) is 3.23. The summed E-state index contributed by atoms with van der Waals surface area (Å²) in [5.74, 6) is 1.38. The van der Waals surface area contributed by atoms with Crippen LogP contribution in [0.2, 0.25) is 0 Å². The van der Waals surface area contributed by atoms with Crippen LogP contribution in [0, 0.1) is 0 Å². The molecule has 1 N–H and O–H groups in total. The number of likely N-dealkylation sites (tertiary alicyclic amines) is 1. The topological polar surface area (TPSA) is 49.8 Å². The van der Waals surface area contributed by atoms with E-state index < -0.39 is 6.10 Å². The molecule has 2 aromatic carbocycles. The van der Waals surface area contributed by atoms with Crippen molar-refractivity contribution in [2.75, 3.05) is 6.54 Å². The molecule has 1 amide bonds. The first kappa shape index (κ1) is 13.6. The van der Waals surface area contributed by atoms with Gasteiger partial charge in [-0.2, -0.15) is 0 Å². The summed E-state index contributed by atoms with van der Waals surface area (Å²) >= 11 is 0. The molecule has 0 bridgehead atoms. The van der Waals surface area contributed by atoms with Crippen molar-refractivity contribution in [2.24, 2.45) is 0 Å². The van der Waals surface area contributed by atoms with Gasteiger partial charge in [-0.1, -0.05) is 30.3 Å². The lowest BCUT2D eigenvalue weighted by Crippen LogP contribution is -2.28. The lowest BCUT2D eigenvalue weighted by Gasteiger charge is -2.16. The molecule has 4 heteroatoms. The van der Waals surface area contributed by atoms with E-state index in [-0.39, 0.29) is 5.91 Å². The molecular weight excluding hydrogens is 266 g/mol. The first-order valence-electron chi connectivity index (χ1n) is 7.01. The fraction of sp³-hybridized carbons (Fsp3) is 0.235. The number of amides is 1. The second kappa shape index (κ2) is 5.97. The molecule has 0 radical (unpaired) electrons. The van der Waals surface area contributed by atoms with Crippen LogP contribution in [0.15, 0.2) is 54.6 Å². The molecule has 1 aliphatic rings. The minimum atomic E-state index is -0.828. The Morgan fingerprint density at radius 2 is 1.71 bits per heavy atom. The number of aliphatic hydroxyl groups excluding tert-OH is 1. The van der Waals surface area contributed by atoms with E-state index in [4.69, 9.17) is 4.74 Å². The van der Waals surface area contributed by atoms with Crippen molar-refractivity contribution in [3.05, 3.63) is 60.2 Å². The van der Waals surface area contributed by atoms with Gasteiger partial charge in [0.15, 0.2) is 0 Å². The number of benzene rings is 2. The minimum absolute atomic E-state index is 0.181. The molecule has 108 valence electrons. The summed E-state index contributed by atoms with van der Waals surface area (Å²) in [5, 5.41) is 9.44. The molecule has 1 fully saturated rings. The van der Waals surface area contributed by atoms with Crippen LogP contribution in [0.3, 0.4) is 0 Å². The molecule has 4 nitrogen and oxygen atoms in total. The zero-order chi connectivity index (χ0) is 14.7. The second-order valence-electron chi connectivity index (χ2n) is 5.12. The quantitative estimate of drug-likeness (QED) is 0.938. The fourth-order valence-electron chi connectivity index (χ4n) is 2.39. The Kier molecular flexibility index (Phi) is 3.88. The van der Waals surface area contributed by atoms with Crippen molar-refractivity contribution in [2.45, 2.75) is 19.1 Å². The van der Waals surface area contributed by atoms with Crippen LogP contribution in [-0.2, 0) is 11.3 Å². The molecule has 1 saturated heterocycles. The summed E-state index contributed by atoms with van der Waals surface area (Å²) in [6, 6.07) is 17.3. The highest BCUT2D eigenvalue weighted by Crippen LogP contribution is 2.22. The number of rotatable bonds is 4. The first-order chi connectivity index (χ1) is 10.2. The van der Waals surface area contributed by atoms with Gasteiger partial charge in [0.25, 0.3) is 5.91 Å². The highest BCUT2D eigenvalue weighted by molar-refractivity contribution is 5.82. The van der Waals surface area contributed by atoms with Gasteiger partial charge in [-0.15, -0.1) is 0 Å². The number of hydrogen-bond donors (Lipinski definition) is 1. The van der Waals surface area contributed by atoms with Gasteiger partial charge in [-0.05, 0) is 36.2 Å². The Hall–Kier alpha value is -2.33. The number of ether oxygens (including phenoxy) is 1. The van der Waals surface area contributed by atoms with Gasteiger partial charge in [-0.25, -0.2) is 0 Å². The van der Waals surface area contributed by atoms with Crippen LogP contribution in [0.4, 0.5) is 0 Å². The summed E-state index contributed by atoms with van der Waals surface area (Å²) in [4.78, 5) is 13.3. The number of aliphatic hydroxyl groups is 1. The van der Waals surface area contributed by atoms with Gasteiger partial charge in [0.05, 0.1) is 0 Å². The molecule has 0 spiro atoms. The molecule has 0 aliphatic carbocycles. The van der Waals surface area contributed by atoms with Crippen molar-refractivity contribution in [1.29, 1.82) is 0 Å². The lowest BCUT2D eigenvalue weighted by molar-refractivity contribution is -0.134. The maximum Gasteiger partial charge on any atom is 0.251 e. The van der Waals surface area contributed by atoms with Crippen molar-refractivity contribution in [3.8, 4) is 11.5 Å². The van der Waals surface area contributed by atoms with E-state index in [9.17, 15) is 9.90 Å². The van der Waals surface area contributed by atoms with E-state index in [1.54, 1.807) is 4.90 Å². The zero-order valence-corrected chi connectivity index (χ0v) is 11.6. The predicted molar refractivity (Wildman–Crippen MR) is 79.0 cm³/mol. The molecule has 1 atom stereocenters. The van der Waals surface area contributed by atoms with E-state index in [2.05, 4.69) is 0 Å². The van der Waals surface area contributed by atoms with Crippen LogP contribution in [0.5, 0.6) is 11.5 Å². The van der Waals surface area contributed by atoms with Gasteiger partial charge in [0, 0.05) is 13.1 Å². The Morgan fingerprint density at radius 1 is 1.05 bits per heavy atom. The number of nitrogens with zero attached hydrogens (tertiary/aromatic N) is 1. The number of para-hydroxylation sites is 1. The first-order valence-corrected chi connectivity index (χ1v) is 7.01. The van der Waals surface area contributed by atoms with Crippen LogP contribution < -0.4 is 4.74 Å². The molecule has 2 aromatic rings. The normalized spacial score (nSPS) is 18.0. The third-order valence-electron chi connectivity index (χ3n) is 3.54. The molecule has 0 aromatic heterocycles. The molecule has 3 rings (SSSR count). The van der Waals surface area contributed by atoms with Crippen molar-refractivity contribution >= 4 is 5.91 Å². The lowest BCUT2D eigenvalue weighted by atomic mass is 10.2. The third-order valence-corrected chi connectivity index (χ3v) is 3.54. The monoisotopic (exact) mass is 283 g/mol. The minimum Gasteiger partial charge on any atom is -0.457 e. The predicted octanol–water partition coefficient (Wildman–Crippen LogP) is 2.57. The molecule has 1 aliphatic heterocycles. The van der Waals surface area contributed by atoms with Gasteiger partial charge < -0.3 is 14.7 Å².